The average Bonchev–Trinajstić information content (AvgIpc) is 2.67. The minimum Gasteiger partial charge on any atom is -0.493 e. The van der Waals surface area contributed by atoms with E-state index in [9.17, 15) is 0 Å². The van der Waals surface area contributed by atoms with Crippen molar-refractivity contribution < 1.29 is 9.47 Å². The Kier molecular flexibility index (Phi) is 5.84. The largest absolute Gasteiger partial charge is 0.493 e. The Morgan fingerprint density at radius 3 is 2.50 bits per heavy atom. The summed E-state index contributed by atoms with van der Waals surface area (Å²) in [6, 6.07) is 19.7. The summed E-state index contributed by atoms with van der Waals surface area (Å²) in [6.45, 7) is 0.984. The molecule has 0 bridgehead atoms. The number of methoxy groups -OCH3 is 2. The first-order valence-corrected chi connectivity index (χ1v) is 8.75. The van der Waals surface area contributed by atoms with Crippen LogP contribution >= 0.6 is 17.0 Å². The van der Waals surface area contributed by atoms with E-state index < -0.39 is 0 Å². The van der Waals surface area contributed by atoms with Gasteiger partial charge in [-0.05, 0) is 59.0 Å². The molecule has 0 fully saturated rings. The Labute approximate surface area is 165 Å². The maximum atomic E-state index is 5.52. The number of hydrogen-bond donors (Lipinski definition) is 1. The fourth-order valence-corrected chi connectivity index (χ4v) is 3.84. The highest BCUT2D eigenvalue weighted by Gasteiger charge is 2.23. The van der Waals surface area contributed by atoms with Crippen LogP contribution in [0.5, 0.6) is 11.5 Å². The second-order valence-corrected chi connectivity index (χ2v) is 6.51. The van der Waals surface area contributed by atoms with Gasteiger partial charge in [0.15, 0.2) is 11.5 Å². The molecule has 1 aliphatic heterocycles. The van der Waals surface area contributed by atoms with Gasteiger partial charge in [-0.2, -0.15) is 0 Å². The predicted octanol–water partition coefficient (Wildman–Crippen LogP) is 4.86. The molecule has 0 unspecified atom stereocenters. The first-order valence-electron chi connectivity index (χ1n) is 8.75. The van der Waals surface area contributed by atoms with Crippen LogP contribution in [-0.2, 0) is 12.8 Å². The first kappa shape index (κ1) is 18.7. The lowest BCUT2D eigenvalue weighted by Gasteiger charge is -2.28. The number of hydrogen-bond acceptors (Lipinski definition) is 3. The zero-order chi connectivity index (χ0) is 17.2. The fourth-order valence-electron chi connectivity index (χ4n) is 3.84. The average molecular weight is 414 g/mol. The van der Waals surface area contributed by atoms with E-state index >= 15 is 0 Å². The predicted molar refractivity (Wildman–Crippen MR) is 112 cm³/mol. The molecule has 0 saturated heterocycles. The lowest BCUT2D eigenvalue weighted by Crippen LogP contribution is -2.31. The number of ether oxygens (including phenoxy) is 2. The number of rotatable bonds is 4. The van der Waals surface area contributed by atoms with E-state index in [-0.39, 0.29) is 23.0 Å². The topological polar surface area (TPSA) is 30.5 Å². The van der Waals surface area contributed by atoms with Gasteiger partial charge in [0.2, 0.25) is 0 Å². The van der Waals surface area contributed by atoms with Gasteiger partial charge < -0.3 is 14.8 Å². The minimum absolute atomic E-state index is 0. The van der Waals surface area contributed by atoms with E-state index in [1.54, 1.807) is 14.2 Å². The second-order valence-electron chi connectivity index (χ2n) is 6.51. The summed E-state index contributed by atoms with van der Waals surface area (Å²) in [4.78, 5) is 0. The van der Waals surface area contributed by atoms with Crippen LogP contribution in [0, 0.1) is 0 Å². The fraction of sp³-hybridized carbons (Fsp3) is 0.273. The molecule has 1 aliphatic rings. The van der Waals surface area contributed by atoms with Crippen molar-refractivity contribution in [2.75, 3.05) is 20.8 Å². The van der Waals surface area contributed by atoms with E-state index in [1.165, 1.54) is 27.5 Å². The molecule has 4 rings (SSSR count). The van der Waals surface area contributed by atoms with Crippen LogP contribution in [0.25, 0.3) is 10.8 Å². The normalized spacial score (nSPS) is 15.8. The minimum atomic E-state index is 0. The monoisotopic (exact) mass is 413 g/mol. The summed E-state index contributed by atoms with van der Waals surface area (Å²) in [5, 5.41) is 6.31. The first-order chi connectivity index (χ1) is 12.3. The smallest absolute Gasteiger partial charge is 0.161 e. The second kappa shape index (κ2) is 8.11. The summed E-state index contributed by atoms with van der Waals surface area (Å²) in [7, 11) is 3.39. The van der Waals surface area contributed by atoms with Crippen molar-refractivity contribution in [3.8, 4) is 11.5 Å². The Balaban J connectivity index is 0.00000196. The Bertz CT molecular complexity index is 905. The molecule has 26 heavy (non-hydrogen) atoms. The standard InChI is InChI=1S/C22H23NO2.BrH/c1-24-21-13-17-10-11-23-20(19(17)14-22(21)25-2)12-16-8-5-7-15-6-3-4-9-18(15)16;/h3-9,13-14,20,23H,10-12H2,1-2H3;1H/t20-;/m0./s1. The molecule has 3 nitrogen and oxygen atoms in total. The van der Waals surface area contributed by atoms with Gasteiger partial charge in [0.05, 0.1) is 14.2 Å². The highest BCUT2D eigenvalue weighted by Crippen LogP contribution is 2.36. The SMILES string of the molecule is Br.COc1cc2c(cc1OC)[C@H](Cc1cccc3ccccc13)NCC2. The Hall–Kier alpha value is -2.04. The molecular formula is C22H24BrNO2. The maximum Gasteiger partial charge on any atom is 0.161 e. The molecule has 1 N–H and O–H groups in total. The number of benzene rings is 3. The van der Waals surface area contributed by atoms with Crippen LogP contribution in [0.3, 0.4) is 0 Å². The van der Waals surface area contributed by atoms with E-state index in [0.29, 0.717) is 0 Å². The summed E-state index contributed by atoms with van der Waals surface area (Å²) < 4.78 is 11.0. The molecule has 0 saturated carbocycles. The lowest BCUT2D eigenvalue weighted by atomic mass is 9.88. The third kappa shape index (κ3) is 3.44. The van der Waals surface area contributed by atoms with Crippen LogP contribution in [0.1, 0.15) is 22.7 Å². The van der Waals surface area contributed by atoms with Crippen molar-refractivity contribution in [1.82, 2.24) is 5.32 Å². The van der Waals surface area contributed by atoms with Crippen molar-refractivity contribution in [3.05, 3.63) is 71.3 Å². The van der Waals surface area contributed by atoms with Crippen LogP contribution in [0.2, 0.25) is 0 Å². The van der Waals surface area contributed by atoms with Gasteiger partial charge in [0, 0.05) is 6.04 Å². The van der Waals surface area contributed by atoms with Crippen molar-refractivity contribution >= 4 is 27.8 Å². The molecule has 0 radical (unpaired) electrons. The van der Waals surface area contributed by atoms with Crippen LogP contribution in [0.15, 0.2) is 54.6 Å². The Morgan fingerprint density at radius 1 is 0.962 bits per heavy atom. The quantitative estimate of drug-likeness (QED) is 0.661. The summed E-state index contributed by atoms with van der Waals surface area (Å²) in [6.07, 6.45) is 1.98. The van der Waals surface area contributed by atoms with Gasteiger partial charge >= 0.3 is 0 Å². The van der Waals surface area contributed by atoms with Crippen LogP contribution in [-0.4, -0.2) is 20.8 Å². The lowest BCUT2D eigenvalue weighted by molar-refractivity contribution is 0.352. The number of halogens is 1. The summed E-state index contributed by atoms with van der Waals surface area (Å²) >= 11 is 0. The van der Waals surface area contributed by atoms with Gasteiger partial charge in [0.25, 0.3) is 0 Å². The van der Waals surface area contributed by atoms with Gasteiger partial charge in [-0.1, -0.05) is 42.5 Å². The molecule has 1 heterocycles. The summed E-state index contributed by atoms with van der Waals surface area (Å²) in [5.74, 6) is 1.61. The van der Waals surface area contributed by atoms with E-state index in [1.807, 2.05) is 0 Å². The maximum absolute atomic E-state index is 5.52. The highest BCUT2D eigenvalue weighted by atomic mass is 79.9. The molecule has 136 valence electrons. The van der Waals surface area contributed by atoms with Gasteiger partial charge in [-0.3, -0.25) is 0 Å². The van der Waals surface area contributed by atoms with Crippen LogP contribution in [0.4, 0.5) is 0 Å². The van der Waals surface area contributed by atoms with E-state index in [2.05, 4.69) is 59.9 Å². The zero-order valence-corrected chi connectivity index (χ0v) is 16.8. The molecule has 0 aromatic heterocycles. The van der Waals surface area contributed by atoms with Crippen molar-refractivity contribution in [2.24, 2.45) is 0 Å². The molecule has 1 atom stereocenters. The summed E-state index contributed by atoms with van der Waals surface area (Å²) in [5.41, 5.74) is 4.04. The highest BCUT2D eigenvalue weighted by molar-refractivity contribution is 8.93. The van der Waals surface area contributed by atoms with Crippen LogP contribution < -0.4 is 14.8 Å². The van der Waals surface area contributed by atoms with Crippen molar-refractivity contribution in [1.29, 1.82) is 0 Å². The molecular weight excluding hydrogens is 390 g/mol. The van der Waals surface area contributed by atoms with E-state index in [0.717, 1.165) is 30.9 Å². The number of fused-ring (bicyclic) bond motifs is 2. The molecule has 4 heteroatoms. The zero-order valence-electron chi connectivity index (χ0n) is 15.1. The number of nitrogens with one attached hydrogen (secondary N) is 1. The Morgan fingerprint density at radius 2 is 1.69 bits per heavy atom. The van der Waals surface area contributed by atoms with E-state index in [4.69, 9.17) is 9.47 Å². The molecule has 0 aliphatic carbocycles. The van der Waals surface area contributed by atoms with Gasteiger partial charge in [-0.25, -0.2) is 0 Å². The van der Waals surface area contributed by atoms with Gasteiger partial charge in [0.1, 0.15) is 0 Å². The molecule has 3 aromatic rings. The molecule has 0 amide bonds. The molecule has 3 aromatic carbocycles. The van der Waals surface area contributed by atoms with Crippen molar-refractivity contribution in [3.63, 3.8) is 0 Å². The third-order valence-corrected chi connectivity index (χ3v) is 5.11. The van der Waals surface area contributed by atoms with Gasteiger partial charge in [-0.15, -0.1) is 17.0 Å². The third-order valence-electron chi connectivity index (χ3n) is 5.11. The molecule has 0 spiro atoms. The van der Waals surface area contributed by atoms with Crippen molar-refractivity contribution in [2.45, 2.75) is 18.9 Å².